The molecule has 4 aromatic rings. The van der Waals surface area contributed by atoms with Crippen molar-refractivity contribution in [2.45, 2.75) is 22.6 Å². The first kappa shape index (κ1) is 22.6. The number of hydrogen-bond acceptors (Lipinski definition) is 9. The van der Waals surface area contributed by atoms with E-state index in [2.05, 4.69) is 70.0 Å². The number of hydrazine groups is 1. The highest BCUT2D eigenvalue weighted by molar-refractivity contribution is 8.00. The Morgan fingerprint density at radius 3 is 2.64 bits per heavy atom. The van der Waals surface area contributed by atoms with Crippen LogP contribution in [0.15, 0.2) is 69.9 Å². The van der Waals surface area contributed by atoms with E-state index in [1.54, 1.807) is 18.0 Å². The molecule has 0 saturated carbocycles. The highest BCUT2D eigenvalue weighted by Gasteiger charge is 2.37. The van der Waals surface area contributed by atoms with Crippen LogP contribution in [0, 0.1) is 0 Å². The number of aromatic nitrogens is 4. The molecule has 4 aliphatic heterocycles. The molecule has 2 aromatic carbocycles. The standard InChI is InChI=1S/C28H28N10S/c1-2-14-36(13-1)24-22-27(39-26-18(19-7-9-32-35-19)5-3-6-20(26)34-22)21(28-30-10-11-31-28)23(38-15-4-8-33-38)25(24)37-16-12-29-17-37/h3-11,17,33-34H,1-2,12-16H2,(H,30,31)(H,32,35). The van der Waals surface area contributed by atoms with Gasteiger partial charge in [0.1, 0.15) is 5.82 Å². The van der Waals surface area contributed by atoms with Crippen LogP contribution in [-0.2, 0) is 0 Å². The Balaban J connectivity index is 1.44. The number of anilines is 5. The molecule has 0 spiro atoms. The molecule has 0 atom stereocenters. The molecule has 4 N–H and O–H groups in total. The van der Waals surface area contributed by atoms with E-state index in [1.807, 2.05) is 31.0 Å². The Hall–Kier alpha value is -4.38. The fraction of sp³-hybridized carbons (Fsp3) is 0.250. The number of fused-ring (bicyclic) bond motifs is 2. The summed E-state index contributed by atoms with van der Waals surface area (Å²) in [5.41, 5.74) is 12.4. The number of nitrogens with one attached hydrogen (secondary N) is 4. The van der Waals surface area contributed by atoms with Gasteiger partial charge in [0, 0.05) is 54.9 Å². The zero-order valence-electron chi connectivity index (χ0n) is 21.3. The number of nitrogens with zero attached hydrogens (tertiary/aromatic N) is 6. The van der Waals surface area contributed by atoms with E-state index < -0.39 is 0 Å². The summed E-state index contributed by atoms with van der Waals surface area (Å²) in [6, 6.07) is 8.46. The molecule has 0 radical (unpaired) electrons. The van der Waals surface area contributed by atoms with Crippen LogP contribution >= 0.6 is 11.8 Å². The van der Waals surface area contributed by atoms with Crippen LogP contribution in [0.5, 0.6) is 0 Å². The van der Waals surface area contributed by atoms with Gasteiger partial charge < -0.3 is 25.5 Å². The van der Waals surface area contributed by atoms with Gasteiger partial charge in [-0.15, -0.1) is 0 Å². The lowest BCUT2D eigenvalue weighted by molar-refractivity contribution is 0.834. The summed E-state index contributed by atoms with van der Waals surface area (Å²) in [7, 11) is 0. The first-order chi connectivity index (χ1) is 19.4. The Morgan fingerprint density at radius 1 is 0.949 bits per heavy atom. The molecule has 6 heterocycles. The lowest BCUT2D eigenvalue weighted by atomic mass is 10.0. The molecule has 0 bridgehead atoms. The van der Waals surface area contributed by atoms with E-state index in [-0.39, 0.29) is 0 Å². The topological polar surface area (TPSA) is 104 Å². The van der Waals surface area contributed by atoms with Crippen LogP contribution < -0.4 is 25.6 Å². The summed E-state index contributed by atoms with van der Waals surface area (Å²) in [5, 5.41) is 13.5. The van der Waals surface area contributed by atoms with Crippen molar-refractivity contribution in [1.82, 2.24) is 25.6 Å². The van der Waals surface area contributed by atoms with E-state index in [0.717, 1.165) is 77.3 Å². The van der Waals surface area contributed by atoms with Gasteiger partial charge in [0.25, 0.3) is 0 Å². The second-order valence-corrected chi connectivity index (χ2v) is 11.0. The van der Waals surface area contributed by atoms with Crippen molar-refractivity contribution in [3.63, 3.8) is 0 Å². The quantitative estimate of drug-likeness (QED) is 0.250. The Labute approximate surface area is 230 Å². The molecule has 0 amide bonds. The summed E-state index contributed by atoms with van der Waals surface area (Å²) < 4.78 is 0. The largest absolute Gasteiger partial charge is 0.368 e. The predicted octanol–water partition coefficient (Wildman–Crippen LogP) is 4.96. The van der Waals surface area contributed by atoms with E-state index in [9.17, 15) is 0 Å². The number of H-pyrrole nitrogens is 2. The van der Waals surface area contributed by atoms with Crippen molar-refractivity contribution in [2.24, 2.45) is 4.99 Å². The number of imidazole rings is 1. The third-order valence-corrected chi connectivity index (χ3v) is 8.94. The molecule has 0 aliphatic carbocycles. The van der Waals surface area contributed by atoms with Gasteiger partial charge in [0.2, 0.25) is 0 Å². The minimum Gasteiger partial charge on any atom is -0.368 e. The Morgan fingerprint density at radius 2 is 1.90 bits per heavy atom. The summed E-state index contributed by atoms with van der Waals surface area (Å²) in [4.78, 5) is 20.1. The average molecular weight is 537 g/mol. The van der Waals surface area contributed by atoms with Crippen LogP contribution in [0.25, 0.3) is 22.6 Å². The summed E-state index contributed by atoms with van der Waals surface area (Å²) >= 11 is 1.81. The third kappa shape index (κ3) is 3.60. The molecule has 1 saturated heterocycles. The van der Waals surface area contributed by atoms with Gasteiger partial charge in [-0.2, -0.15) is 5.10 Å². The monoisotopic (exact) mass is 536 g/mol. The average Bonchev–Trinajstić information content (AvgIpc) is 3.82. The SMILES string of the molecule is C1=CNN(c2c(-c3ncc[nH]3)c3c(c(N4CCCC4)c2N2C=NCC2)Nc2cccc(-c4ccn[nH]4)c2S3)C1. The van der Waals surface area contributed by atoms with E-state index in [1.165, 1.54) is 29.1 Å². The minimum absolute atomic E-state index is 0.762. The maximum Gasteiger partial charge on any atom is 0.140 e. The van der Waals surface area contributed by atoms with Crippen molar-refractivity contribution >= 4 is 46.5 Å². The van der Waals surface area contributed by atoms with E-state index in [4.69, 9.17) is 4.98 Å². The first-order valence-corrected chi connectivity index (χ1v) is 14.2. The predicted molar refractivity (Wildman–Crippen MR) is 157 cm³/mol. The molecule has 1 fully saturated rings. The van der Waals surface area contributed by atoms with Gasteiger partial charge in [-0.05, 0) is 31.1 Å². The van der Waals surface area contributed by atoms with Crippen molar-refractivity contribution in [3.8, 4) is 22.6 Å². The minimum atomic E-state index is 0.762. The number of rotatable bonds is 5. The summed E-state index contributed by atoms with van der Waals surface area (Å²) in [6.45, 7) is 4.46. The van der Waals surface area contributed by atoms with Gasteiger partial charge in [-0.3, -0.25) is 15.1 Å². The number of aliphatic imine (C=N–C) groups is 1. The molecule has 0 unspecified atom stereocenters. The van der Waals surface area contributed by atoms with Gasteiger partial charge in [0.05, 0.1) is 64.0 Å². The first-order valence-electron chi connectivity index (χ1n) is 13.4. The third-order valence-electron chi connectivity index (χ3n) is 7.69. The molecular weight excluding hydrogens is 508 g/mol. The van der Waals surface area contributed by atoms with Crippen LogP contribution in [0.4, 0.5) is 28.4 Å². The van der Waals surface area contributed by atoms with Crippen LogP contribution in [0.1, 0.15) is 12.8 Å². The van der Waals surface area contributed by atoms with Crippen molar-refractivity contribution in [2.75, 3.05) is 52.8 Å². The van der Waals surface area contributed by atoms with Crippen molar-refractivity contribution in [3.05, 3.63) is 55.1 Å². The molecule has 39 heavy (non-hydrogen) atoms. The van der Waals surface area contributed by atoms with Crippen LogP contribution in [0.3, 0.4) is 0 Å². The lowest BCUT2D eigenvalue weighted by Gasteiger charge is -2.38. The Bertz CT molecular complexity index is 1580. The Kier molecular flexibility index (Phi) is 5.28. The fourth-order valence-electron chi connectivity index (χ4n) is 5.97. The normalized spacial score (nSPS) is 17.5. The van der Waals surface area contributed by atoms with Gasteiger partial charge in [-0.25, -0.2) is 4.98 Å². The van der Waals surface area contributed by atoms with Gasteiger partial charge in [-0.1, -0.05) is 23.9 Å². The van der Waals surface area contributed by atoms with E-state index >= 15 is 0 Å². The lowest BCUT2D eigenvalue weighted by Crippen LogP contribution is -2.35. The number of hydrogen-bond donors (Lipinski definition) is 4. The zero-order valence-corrected chi connectivity index (χ0v) is 22.1. The number of aromatic amines is 2. The maximum atomic E-state index is 4.80. The van der Waals surface area contributed by atoms with Crippen molar-refractivity contribution < 1.29 is 0 Å². The number of benzene rings is 2. The second kappa shape index (κ2) is 9.12. The van der Waals surface area contributed by atoms with Gasteiger partial charge >= 0.3 is 0 Å². The second-order valence-electron chi connectivity index (χ2n) is 9.99. The van der Waals surface area contributed by atoms with Gasteiger partial charge in [0.15, 0.2) is 0 Å². The fourth-order valence-corrected chi connectivity index (χ4v) is 7.24. The highest BCUT2D eigenvalue weighted by atomic mass is 32.2. The van der Waals surface area contributed by atoms with Crippen LogP contribution in [0.2, 0.25) is 0 Å². The molecule has 4 aliphatic rings. The summed E-state index contributed by atoms with van der Waals surface area (Å²) in [6.07, 6.45) is 14.1. The molecule has 10 nitrogen and oxygen atoms in total. The smallest absolute Gasteiger partial charge is 0.140 e. The molecular formula is C28H28N10S. The molecule has 2 aromatic heterocycles. The van der Waals surface area contributed by atoms with Crippen LogP contribution in [-0.4, -0.2) is 59.2 Å². The van der Waals surface area contributed by atoms with E-state index in [0.29, 0.717) is 0 Å². The molecule has 11 heteroatoms. The van der Waals surface area contributed by atoms with Crippen molar-refractivity contribution in [1.29, 1.82) is 0 Å². The maximum absolute atomic E-state index is 4.80. The molecule has 196 valence electrons. The zero-order chi connectivity index (χ0) is 25.8. The highest BCUT2D eigenvalue weighted by Crippen LogP contribution is 2.60. The summed E-state index contributed by atoms with van der Waals surface area (Å²) in [5.74, 6) is 0.845. The molecule has 8 rings (SSSR count).